The maximum Gasteiger partial charge on any atom is 0.230 e. The minimum absolute atomic E-state index is 0.0180. The Labute approximate surface area is 169 Å². The van der Waals surface area contributed by atoms with Crippen LogP contribution in [0.1, 0.15) is 39.5 Å². The number of carbonyl (C=O) groups excluding carboxylic acids is 1. The highest BCUT2D eigenvalue weighted by Gasteiger charge is 2.21. The molecule has 0 spiro atoms. The molecule has 2 aromatic rings. The molecular weight excluding hydrogens is 382 g/mol. The molecule has 27 heavy (non-hydrogen) atoms. The summed E-state index contributed by atoms with van der Waals surface area (Å²) >= 11 is 2.89. The van der Waals surface area contributed by atoms with Gasteiger partial charge in [0.15, 0.2) is 4.34 Å². The van der Waals surface area contributed by atoms with Gasteiger partial charge >= 0.3 is 0 Å². The van der Waals surface area contributed by atoms with Crippen LogP contribution in [0.15, 0.2) is 27.2 Å². The molecule has 0 aliphatic rings. The van der Waals surface area contributed by atoms with Gasteiger partial charge in [0.1, 0.15) is 5.76 Å². The number of hydrogen-bond donors (Lipinski definition) is 2. The SMILES string of the molecule is CCN(CC)C(CNC(=O)CSc1nnc(NCC(C)C)s1)c1ccco1. The fraction of sp³-hybridized carbons (Fsp3) is 0.611. The van der Waals surface area contributed by atoms with Gasteiger partial charge in [-0.25, -0.2) is 0 Å². The first-order chi connectivity index (χ1) is 13.0. The zero-order chi connectivity index (χ0) is 19.6. The summed E-state index contributed by atoms with van der Waals surface area (Å²) in [5.41, 5.74) is 0. The van der Waals surface area contributed by atoms with Crippen molar-refractivity contribution >= 4 is 34.1 Å². The van der Waals surface area contributed by atoms with Gasteiger partial charge in [-0.3, -0.25) is 9.69 Å². The molecule has 0 saturated carbocycles. The van der Waals surface area contributed by atoms with E-state index < -0.39 is 0 Å². The Bertz CT molecular complexity index is 671. The second-order valence-electron chi connectivity index (χ2n) is 6.49. The van der Waals surface area contributed by atoms with Crippen molar-refractivity contribution in [3.8, 4) is 0 Å². The number of nitrogens with zero attached hydrogens (tertiary/aromatic N) is 3. The average molecular weight is 412 g/mol. The molecule has 0 fully saturated rings. The van der Waals surface area contributed by atoms with Crippen LogP contribution in [-0.2, 0) is 4.79 Å². The first kappa shape index (κ1) is 21.7. The molecule has 0 radical (unpaired) electrons. The molecule has 2 N–H and O–H groups in total. The highest BCUT2D eigenvalue weighted by molar-refractivity contribution is 8.01. The molecule has 2 heterocycles. The Morgan fingerprint density at radius 1 is 1.30 bits per heavy atom. The summed E-state index contributed by atoms with van der Waals surface area (Å²) in [6, 6.07) is 3.87. The molecule has 1 amide bonds. The third-order valence-corrected chi connectivity index (χ3v) is 6.03. The number of aromatic nitrogens is 2. The van der Waals surface area contributed by atoms with Crippen molar-refractivity contribution < 1.29 is 9.21 Å². The molecule has 1 atom stereocenters. The van der Waals surface area contributed by atoms with Crippen LogP contribution in [0.25, 0.3) is 0 Å². The van der Waals surface area contributed by atoms with Crippen LogP contribution >= 0.6 is 23.1 Å². The maximum absolute atomic E-state index is 12.3. The van der Waals surface area contributed by atoms with E-state index in [1.807, 2.05) is 12.1 Å². The minimum atomic E-state index is -0.0180. The fourth-order valence-electron chi connectivity index (χ4n) is 2.57. The van der Waals surface area contributed by atoms with Gasteiger partial charge in [0.2, 0.25) is 11.0 Å². The second kappa shape index (κ2) is 11.3. The maximum atomic E-state index is 12.3. The molecule has 0 aliphatic heterocycles. The van der Waals surface area contributed by atoms with Gasteiger partial charge in [-0.2, -0.15) is 0 Å². The molecule has 1 unspecified atom stereocenters. The highest BCUT2D eigenvalue weighted by atomic mass is 32.2. The van der Waals surface area contributed by atoms with Crippen LogP contribution in [0, 0.1) is 5.92 Å². The van der Waals surface area contributed by atoms with Crippen LogP contribution in [0.5, 0.6) is 0 Å². The summed E-state index contributed by atoms with van der Waals surface area (Å²) < 4.78 is 6.36. The standard InChI is InChI=1S/C18H29N5O2S2/c1-5-23(6-2)14(15-8-7-9-25-15)11-19-16(24)12-26-18-22-21-17(27-18)20-10-13(3)4/h7-9,13-14H,5-6,10-12H2,1-4H3,(H,19,24)(H,20,21). The fourth-order valence-corrected chi connectivity index (χ4v) is 4.16. The number of furan rings is 1. The molecule has 9 heteroatoms. The highest BCUT2D eigenvalue weighted by Crippen LogP contribution is 2.25. The monoisotopic (exact) mass is 411 g/mol. The lowest BCUT2D eigenvalue weighted by atomic mass is 10.2. The predicted octanol–water partition coefficient (Wildman–Crippen LogP) is 3.49. The molecule has 7 nitrogen and oxygen atoms in total. The Morgan fingerprint density at radius 3 is 2.70 bits per heavy atom. The van der Waals surface area contributed by atoms with Crippen LogP contribution in [0.4, 0.5) is 5.13 Å². The summed E-state index contributed by atoms with van der Waals surface area (Å²) in [5, 5.41) is 15.3. The van der Waals surface area contributed by atoms with Gasteiger partial charge in [0, 0.05) is 13.1 Å². The van der Waals surface area contributed by atoms with Gasteiger partial charge < -0.3 is 15.1 Å². The van der Waals surface area contributed by atoms with Crippen molar-refractivity contribution in [2.45, 2.75) is 38.1 Å². The predicted molar refractivity (Wildman–Crippen MR) is 111 cm³/mol. The van der Waals surface area contributed by atoms with Gasteiger partial charge in [-0.15, -0.1) is 10.2 Å². The summed E-state index contributed by atoms with van der Waals surface area (Å²) in [7, 11) is 0. The Morgan fingerprint density at radius 2 is 2.07 bits per heavy atom. The van der Waals surface area contributed by atoms with Gasteiger partial charge in [-0.1, -0.05) is 50.8 Å². The zero-order valence-corrected chi connectivity index (χ0v) is 18.0. The number of amides is 1. The molecular formula is C18H29N5O2S2. The van der Waals surface area contributed by atoms with Gasteiger partial charge in [0.25, 0.3) is 0 Å². The molecule has 0 saturated heterocycles. The smallest absolute Gasteiger partial charge is 0.230 e. The number of carbonyl (C=O) groups is 1. The Balaban J connectivity index is 1.80. The van der Waals surface area contributed by atoms with E-state index in [0.29, 0.717) is 18.2 Å². The number of thioether (sulfide) groups is 1. The van der Waals surface area contributed by atoms with Crippen molar-refractivity contribution in [2.24, 2.45) is 5.92 Å². The molecule has 2 rings (SSSR count). The second-order valence-corrected chi connectivity index (χ2v) is 8.69. The van der Waals surface area contributed by atoms with Gasteiger partial charge in [0.05, 0.1) is 18.1 Å². The number of anilines is 1. The molecule has 2 aromatic heterocycles. The van der Waals surface area contributed by atoms with Crippen molar-refractivity contribution in [1.82, 2.24) is 20.4 Å². The van der Waals surface area contributed by atoms with Crippen molar-refractivity contribution in [3.05, 3.63) is 24.2 Å². The van der Waals surface area contributed by atoms with E-state index in [2.05, 4.69) is 53.4 Å². The van der Waals surface area contributed by atoms with E-state index in [9.17, 15) is 4.79 Å². The van der Waals surface area contributed by atoms with E-state index in [1.165, 1.54) is 23.1 Å². The molecule has 150 valence electrons. The van der Waals surface area contributed by atoms with E-state index in [-0.39, 0.29) is 11.9 Å². The van der Waals surface area contributed by atoms with Crippen molar-refractivity contribution in [2.75, 3.05) is 37.2 Å². The van der Waals surface area contributed by atoms with E-state index in [4.69, 9.17) is 4.42 Å². The first-order valence-corrected chi connectivity index (χ1v) is 11.1. The summed E-state index contributed by atoms with van der Waals surface area (Å²) in [6.45, 7) is 11.7. The lowest BCUT2D eigenvalue weighted by molar-refractivity contribution is -0.118. The third kappa shape index (κ3) is 7.15. The molecule has 0 bridgehead atoms. The van der Waals surface area contributed by atoms with Crippen molar-refractivity contribution in [1.29, 1.82) is 0 Å². The van der Waals surface area contributed by atoms with E-state index in [0.717, 1.165) is 34.9 Å². The molecule has 0 aliphatic carbocycles. The van der Waals surface area contributed by atoms with Crippen LogP contribution < -0.4 is 10.6 Å². The summed E-state index contributed by atoms with van der Waals surface area (Å²) in [5.74, 6) is 1.72. The number of rotatable bonds is 12. The number of likely N-dealkylation sites (N-methyl/N-ethyl adjacent to an activating group) is 1. The third-order valence-electron chi connectivity index (χ3n) is 4.01. The Hall–Kier alpha value is -1.58. The number of hydrogen-bond acceptors (Lipinski definition) is 8. The normalized spacial score (nSPS) is 12.5. The minimum Gasteiger partial charge on any atom is -0.468 e. The average Bonchev–Trinajstić information content (AvgIpc) is 3.33. The van der Waals surface area contributed by atoms with Crippen LogP contribution in [-0.4, -0.2) is 52.9 Å². The summed E-state index contributed by atoms with van der Waals surface area (Å²) in [4.78, 5) is 14.5. The van der Waals surface area contributed by atoms with Crippen LogP contribution in [0.2, 0.25) is 0 Å². The lowest BCUT2D eigenvalue weighted by Crippen LogP contribution is -2.38. The van der Waals surface area contributed by atoms with E-state index in [1.54, 1.807) is 6.26 Å². The van der Waals surface area contributed by atoms with Crippen LogP contribution in [0.3, 0.4) is 0 Å². The first-order valence-electron chi connectivity index (χ1n) is 9.27. The van der Waals surface area contributed by atoms with Gasteiger partial charge in [-0.05, 0) is 31.1 Å². The number of nitrogens with one attached hydrogen (secondary N) is 2. The molecule has 0 aromatic carbocycles. The quantitative estimate of drug-likeness (QED) is 0.517. The lowest BCUT2D eigenvalue weighted by Gasteiger charge is -2.28. The topological polar surface area (TPSA) is 83.3 Å². The van der Waals surface area contributed by atoms with Crippen molar-refractivity contribution in [3.63, 3.8) is 0 Å². The Kier molecular flexibility index (Phi) is 9.09. The largest absolute Gasteiger partial charge is 0.468 e. The zero-order valence-electron chi connectivity index (χ0n) is 16.4. The summed E-state index contributed by atoms with van der Waals surface area (Å²) in [6.07, 6.45) is 1.67. The van der Waals surface area contributed by atoms with E-state index >= 15 is 0 Å².